The number of nitroso groups, excluding NO2 is 1. The van der Waals surface area contributed by atoms with Crippen LogP contribution in [0.4, 0.5) is 0 Å². The summed E-state index contributed by atoms with van der Waals surface area (Å²) in [5.41, 5.74) is 1.07. The van der Waals surface area contributed by atoms with Gasteiger partial charge in [-0.25, -0.2) is 0 Å². The Labute approximate surface area is 127 Å². The van der Waals surface area contributed by atoms with Crippen molar-refractivity contribution in [2.45, 2.75) is 27.7 Å². The SMILES string of the molecule is CC1=C(C)N([O-])C(=c2ccc(=C3OC(C)=C(C)[N+]3=O)cc2)O1. The van der Waals surface area contributed by atoms with E-state index in [2.05, 4.69) is 0 Å². The highest BCUT2D eigenvalue weighted by atomic mass is 16.6. The second kappa shape index (κ2) is 4.99. The van der Waals surface area contributed by atoms with Crippen molar-refractivity contribution in [2.24, 2.45) is 0 Å². The predicted molar refractivity (Wildman–Crippen MR) is 80.3 cm³/mol. The quantitative estimate of drug-likeness (QED) is 0.685. The molecule has 0 aromatic heterocycles. The van der Waals surface area contributed by atoms with Crippen LogP contribution in [0.25, 0.3) is 11.8 Å². The number of rotatable bonds is 0. The zero-order valence-electron chi connectivity index (χ0n) is 12.8. The smallest absolute Gasteiger partial charge is 0.435 e. The van der Waals surface area contributed by atoms with Crippen molar-refractivity contribution in [3.63, 3.8) is 0 Å². The van der Waals surface area contributed by atoms with Gasteiger partial charge in [0.25, 0.3) is 5.70 Å². The first-order valence-electron chi connectivity index (χ1n) is 6.90. The Morgan fingerprint density at radius 2 is 1.55 bits per heavy atom. The van der Waals surface area contributed by atoms with Crippen molar-refractivity contribution in [3.8, 4) is 0 Å². The molecule has 0 saturated carbocycles. The van der Waals surface area contributed by atoms with Gasteiger partial charge in [-0.1, -0.05) is 0 Å². The van der Waals surface area contributed by atoms with Crippen LogP contribution in [0.2, 0.25) is 0 Å². The van der Waals surface area contributed by atoms with Gasteiger partial charge >= 0.3 is 5.88 Å². The van der Waals surface area contributed by atoms with Gasteiger partial charge < -0.3 is 19.7 Å². The Kier molecular flexibility index (Phi) is 3.26. The topological polar surface area (TPSA) is 64.8 Å². The number of ether oxygens (including phenoxy) is 2. The fourth-order valence-electron chi connectivity index (χ4n) is 2.22. The molecule has 2 aliphatic rings. The van der Waals surface area contributed by atoms with Crippen molar-refractivity contribution < 1.29 is 14.2 Å². The van der Waals surface area contributed by atoms with Crippen molar-refractivity contribution in [2.75, 3.05) is 0 Å². The normalized spacial score (nSPS) is 18.4. The molecule has 2 aliphatic heterocycles. The predicted octanol–water partition coefficient (Wildman–Crippen LogP) is 1.96. The number of hydrogen-bond acceptors (Lipinski definition) is 5. The monoisotopic (exact) mass is 300 g/mol. The molecule has 0 saturated heterocycles. The summed E-state index contributed by atoms with van der Waals surface area (Å²) in [4.78, 5) is 12.0. The molecule has 0 bridgehead atoms. The molecule has 22 heavy (non-hydrogen) atoms. The van der Waals surface area contributed by atoms with Gasteiger partial charge in [0.2, 0.25) is 0 Å². The van der Waals surface area contributed by atoms with Crippen LogP contribution in [0, 0.1) is 10.1 Å². The summed E-state index contributed by atoms with van der Waals surface area (Å²) in [5, 5.41) is 14.1. The van der Waals surface area contributed by atoms with E-state index >= 15 is 0 Å². The highest BCUT2D eigenvalue weighted by Crippen LogP contribution is 2.26. The third-order valence-electron chi connectivity index (χ3n) is 3.88. The van der Waals surface area contributed by atoms with Crippen LogP contribution in [-0.2, 0) is 9.47 Å². The first kappa shape index (κ1) is 14.3. The van der Waals surface area contributed by atoms with Gasteiger partial charge in [0.1, 0.15) is 10.5 Å². The zero-order chi connectivity index (χ0) is 16.0. The molecule has 0 fully saturated rings. The van der Waals surface area contributed by atoms with E-state index in [1.165, 1.54) is 0 Å². The van der Waals surface area contributed by atoms with Crippen LogP contribution in [0.3, 0.4) is 0 Å². The van der Waals surface area contributed by atoms with Gasteiger partial charge in [0.05, 0.1) is 5.22 Å². The highest BCUT2D eigenvalue weighted by molar-refractivity contribution is 5.46. The minimum absolute atomic E-state index is 0.239. The van der Waals surface area contributed by atoms with Crippen LogP contribution in [0.1, 0.15) is 27.7 Å². The van der Waals surface area contributed by atoms with E-state index in [0.717, 1.165) is 9.82 Å². The maximum Gasteiger partial charge on any atom is 0.435 e. The highest BCUT2D eigenvalue weighted by Gasteiger charge is 2.34. The van der Waals surface area contributed by atoms with Crippen molar-refractivity contribution in [1.29, 1.82) is 0 Å². The van der Waals surface area contributed by atoms with Crippen molar-refractivity contribution in [3.05, 3.63) is 67.7 Å². The molecule has 0 radical (unpaired) electrons. The molecular weight excluding hydrogens is 284 g/mol. The minimum atomic E-state index is 0.239. The zero-order valence-corrected chi connectivity index (χ0v) is 12.8. The molecule has 2 heterocycles. The van der Waals surface area contributed by atoms with Crippen LogP contribution in [0.15, 0.2) is 47.2 Å². The van der Waals surface area contributed by atoms with E-state index in [1.807, 2.05) is 0 Å². The average molecular weight is 300 g/mol. The van der Waals surface area contributed by atoms with Gasteiger partial charge in [-0.05, 0) is 38.1 Å². The summed E-state index contributed by atoms with van der Waals surface area (Å²) in [6.45, 7) is 6.91. The molecule has 0 aliphatic carbocycles. The third-order valence-corrected chi connectivity index (χ3v) is 3.88. The second-order valence-corrected chi connectivity index (χ2v) is 5.26. The van der Waals surface area contributed by atoms with Crippen LogP contribution < -0.4 is 10.4 Å². The van der Waals surface area contributed by atoms with Crippen LogP contribution in [0.5, 0.6) is 0 Å². The maximum atomic E-state index is 12.0. The fourth-order valence-corrected chi connectivity index (χ4v) is 2.22. The Hall–Kier alpha value is -2.60. The summed E-state index contributed by atoms with van der Waals surface area (Å²) >= 11 is 0. The Morgan fingerprint density at radius 1 is 0.955 bits per heavy atom. The number of benzene rings is 1. The molecule has 0 amide bonds. The summed E-state index contributed by atoms with van der Waals surface area (Å²) < 4.78 is 11.7. The van der Waals surface area contributed by atoms with Gasteiger partial charge in [-0.3, -0.25) is 0 Å². The van der Waals surface area contributed by atoms with E-state index in [-0.39, 0.29) is 11.8 Å². The van der Waals surface area contributed by atoms with Crippen molar-refractivity contribution >= 4 is 11.8 Å². The standard InChI is InChI=1S/C16H16N2O4/c1-9-11(3)21-15(17(9)19)13-5-7-14(8-6-13)16-18(20)10(2)12(4)22-16/h5-8H,1-4H3. The lowest BCUT2D eigenvalue weighted by atomic mass is 10.2. The third kappa shape index (κ3) is 2.08. The fraction of sp³-hybridized carbons (Fsp3) is 0.250. The molecule has 0 unspecified atom stereocenters. The van der Waals surface area contributed by atoms with Crippen molar-refractivity contribution in [1.82, 2.24) is 5.06 Å². The lowest BCUT2D eigenvalue weighted by Gasteiger charge is -2.24. The molecule has 0 N–H and O–H groups in total. The molecule has 1 aromatic carbocycles. The van der Waals surface area contributed by atoms with E-state index in [4.69, 9.17) is 9.47 Å². The van der Waals surface area contributed by atoms with E-state index < -0.39 is 0 Å². The number of allylic oxidation sites excluding steroid dienone is 4. The molecule has 0 spiro atoms. The molecular formula is C16H16N2O4. The second-order valence-electron chi connectivity index (χ2n) is 5.26. The van der Waals surface area contributed by atoms with E-state index in [0.29, 0.717) is 33.3 Å². The summed E-state index contributed by atoms with van der Waals surface area (Å²) in [5.74, 6) is 1.65. The molecule has 114 valence electrons. The summed E-state index contributed by atoms with van der Waals surface area (Å²) in [7, 11) is 0. The molecule has 1 aromatic rings. The number of hydrogen-bond donors (Lipinski definition) is 0. The Bertz CT molecular complexity index is 841. The largest absolute Gasteiger partial charge is 0.752 e. The average Bonchev–Trinajstić information content (AvgIpc) is 2.92. The number of nitrogens with zero attached hydrogens (tertiary/aromatic N) is 2. The molecule has 0 atom stereocenters. The summed E-state index contributed by atoms with van der Waals surface area (Å²) in [6, 6.07) is 6.92. The van der Waals surface area contributed by atoms with Gasteiger partial charge in [0, 0.05) is 29.7 Å². The minimum Gasteiger partial charge on any atom is -0.752 e. The van der Waals surface area contributed by atoms with E-state index in [1.54, 1.807) is 52.0 Å². The Morgan fingerprint density at radius 3 is 2.00 bits per heavy atom. The van der Waals surface area contributed by atoms with Gasteiger partial charge in [0.15, 0.2) is 11.6 Å². The van der Waals surface area contributed by atoms with Crippen LogP contribution in [-0.4, -0.2) is 9.82 Å². The lowest BCUT2D eigenvalue weighted by molar-refractivity contribution is -0.408. The Balaban J connectivity index is 2.05. The first-order chi connectivity index (χ1) is 10.4. The summed E-state index contributed by atoms with van der Waals surface area (Å²) in [6.07, 6.45) is 0. The molecule has 6 nitrogen and oxygen atoms in total. The maximum absolute atomic E-state index is 12.0. The lowest BCUT2D eigenvalue weighted by Crippen LogP contribution is -2.20. The molecule has 3 rings (SSSR count). The van der Waals surface area contributed by atoms with Gasteiger partial charge in [-0.15, -0.1) is 0 Å². The first-order valence-corrected chi connectivity index (χ1v) is 6.90. The van der Waals surface area contributed by atoms with Crippen LogP contribution >= 0.6 is 0 Å². The van der Waals surface area contributed by atoms with Gasteiger partial charge in [-0.2, -0.15) is 0 Å². The number of hydroxylamine groups is 2. The van der Waals surface area contributed by atoms with E-state index in [9.17, 15) is 10.1 Å². The molecule has 6 heteroatoms.